The maximum atomic E-state index is 12.6. The molecule has 1 saturated heterocycles. The number of carboxylic acid groups (broad SMARTS) is 8. The van der Waals surface area contributed by atoms with Gasteiger partial charge in [0.15, 0.2) is 0 Å². The molecule has 63 heavy (non-hydrogen) atoms. The number of nitrogens with zero attached hydrogens (tertiary/aromatic N) is 4. The Morgan fingerprint density at radius 1 is 0.556 bits per heavy atom. The van der Waals surface area contributed by atoms with Crippen molar-refractivity contribution < 1.29 is 96.3 Å². The van der Waals surface area contributed by atoms with Gasteiger partial charge in [0, 0.05) is 25.7 Å². The zero-order chi connectivity index (χ0) is 45.8. The van der Waals surface area contributed by atoms with Crippen LogP contribution in [0.15, 0.2) is 28.7 Å². The fourth-order valence-corrected chi connectivity index (χ4v) is 8.71. The van der Waals surface area contributed by atoms with Gasteiger partial charge in [-0.05, 0) is 48.0 Å². The van der Waals surface area contributed by atoms with Crippen molar-refractivity contribution in [3.8, 4) is 0 Å². The second kappa shape index (κ2) is 19.6. The normalized spacial score (nSPS) is 23.8. The molecule has 0 amide bonds. The van der Waals surface area contributed by atoms with Crippen molar-refractivity contribution in [2.75, 3.05) is 0 Å². The minimum atomic E-state index is -1.52. The second-order valence-corrected chi connectivity index (χ2v) is 15.9. The summed E-state index contributed by atoms with van der Waals surface area (Å²) in [5.41, 5.74) is -2.33. The van der Waals surface area contributed by atoms with Gasteiger partial charge in [-0.25, -0.2) is 0 Å². The second-order valence-electron chi connectivity index (χ2n) is 15.9. The van der Waals surface area contributed by atoms with Gasteiger partial charge in [0.25, 0.3) is 0 Å². The Labute approximate surface area is 368 Å². The van der Waals surface area contributed by atoms with E-state index in [1.807, 2.05) is 0 Å². The first kappa shape index (κ1) is 49.1. The summed E-state index contributed by atoms with van der Waals surface area (Å²) in [5.74, 6) is -11.2. The zero-order valence-corrected chi connectivity index (χ0v) is 35.0. The van der Waals surface area contributed by atoms with Crippen molar-refractivity contribution in [3.63, 3.8) is 0 Å². The molecular formula is C42H44FeN4O16. The number of fused-ring (bicyclic) bond motifs is 8. The summed E-state index contributed by atoms with van der Waals surface area (Å²) in [6.07, 6.45) is -0.0882. The molecule has 2 aromatic heterocycles. The van der Waals surface area contributed by atoms with E-state index in [2.05, 4.69) is 0 Å². The Hall–Kier alpha value is -6.60. The van der Waals surface area contributed by atoms with Gasteiger partial charge >= 0.3 is 64.8 Å². The van der Waals surface area contributed by atoms with Crippen LogP contribution in [0.2, 0.25) is 0 Å². The summed E-state index contributed by atoms with van der Waals surface area (Å²) in [5, 5.41) is 89.2. The molecule has 4 atom stereocenters. The van der Waals surface area contributed by atoms with Crippen LogP contribution in [-0.2, 0) is 81.1 Å². The quantitative estimate of drug-likeness (QED) is 0.0884. The molecule has 336 valence electrons. The fourth-order valence-electron chi connectivity index (χ4n) is 8.71. The molecule has 0 aromatic carbocycles. The molecule has 20 nitrogen and oxygen atoms in total. The summed E-state index contributed by atoms with van der Waals surface area (Å²) >= 11 is 0. The maximum Gasteiger partial charge on any atom is 4.00 e. The number of aliphatic carboxylic acids is 8. The van der Waals surface area contributed by atoms with Gasteiger partial charge in [-0.2, -0.15) is 11.4 Å². The molecule has 1 fully saturated rings. The standard InChI is InChI=1S/C42H44N4O16.Fe/c1-41(17-39(59)60)23(5-9-35(51)52)29-14-27-21(11-37(55)56)19(3-7-33(47)48)25(43-27)13-26-20(4-8-34(49)50)22(12-38(57)58)28(44-26)15-31-42(2,18-40(61)62)24(6-10-36(53)54)30(46-31)16-32(41)45-29;/h13-16,23,31H,3-12,17-18H2,1-2H3,(H,47,48)(H,49,50)(H,51,52)(H,53,54)(H,55,56)(H,57,58)(H,59,60)(H,61,62);/q-4;+4/b26-13-,28-15-,29-14-,32-16-;. The predicted molar refractivity (Wildman–Crippen MR) is 213 cm³/mol. The zero-order valence-electron chi connectivity index (χ0n) is 33.9. The molecule has 5 heterocycles. The van der Waals surface area contributed by atoms with E-state index < -0.39 is 122 Å². The van der Waals surface area contributed by atoms with Crippen LogP contribution in [0.1, 0.15) is 98.9 Å². The van der Waals surface area contributed by atoms with Crippen LogP contribution >= 0.6 is 0 Å². The minimum absolute atomic E-state index is 0. The van der Waals surface area contributed by atoms with Crippen molar-refractivity contribution in [2.45, 2.75) is 96.9 Å². The molecule has 3 aliphatic heterocycles. The first-order valence-corrected chi connectivity index (χ1v) is 19.4. The van der Waals surface area contributed by atoms with Crippen LogP contribution < -0.4 is 20.7 Å². The minimum Gasteiger partial charge on any atom is -0.678 e. The number of rotatable bonds is 20. The van der Waals surface area contributed by atoms with Gasteiger partial charge < -0.3 is 61.5 Å². The third kappa shape index (κ3) is 11.1. The molecule has 0 spiro atoms. The largest absolute Gasteiger partial charge is 4.00 e. The average Bonchev–Trinajstić information content (AvgIpc) is 3.77. The van der Waals surface area contributed by atoms with Gasteiger partial charge in [-0.3, -0.25) is 38.4 Å². The Morgan fingerprint density at radius 3 is 1.63 bits per heavy atom. The first-order valence-electron chi connectivity index (χ1n) is 19.4. The molecule has 8 bridgehead atoms. The van der Waals surface area contributed by atoms with Crippen LogP contribution in [0.4, 0.5) is 0 Å². The summed E-state index contributed by atoms with van der Waals surface area (Å²) in [6.45, 7) is 3.06. The van der Waals surface area contributed by atoms with Gasteiger partial charge in [0.05, 0.1) is 25.7 Å². The van der Waals surface area contributed by atoms with Crippen molar-refractivity contribution in [3.05, 3.63) is 83.7 Å². The van der Waals surface area contributed by atoms with E-state index in [0.717, 1.165) is 0 Å². The van der Waals surface area contributed by atoms with Crippen molar-refractivity contribution in [1.82, 2.24) is 9.97 Å². The maximum absolute atomic E-state index is 12.6. The number of allylic oxidation sites excluding steroid dienone is 3. The van der Waals surface area contributed by atoms with E-state index in [9.17, 15) is 79.2 Å². The molecule has 0 saturated carbocycles. The van der Waals surface area contributed by atoms with Crippen LogP contribution in [0, 0.1) is 16.7 Å². The van der Waals surface area contributed by atoms with Gasteiger partial charge in [-0.15, -0.1) is 33.9 Å². The Morgan fingerprint density at radius 2 is 1.08 bits per heavy atom. The SMILES string of the molecule is CC1(CC(=O)O)C(CCC(=O)O)=C2/C=C3\[N-]/C(=C\c4[n-]c(c(CCC(=O)O)c4CC(=O)O)/C=c4\[n-]/c(c(CC(=O)O)c4CCC(=O)O)=C\C1[N-]2)C(CCC(=O)O)C3(C)CC(=O)O.[Fe+4]. The number of hydrogen-bond donors (Lipinski definition) is 8. The fraction of sp³-hybridized carbons (Fsp3) is 0.429. The summed E-state index contributed by atoms with van der Waals surface area (Å²) in [6, 6.07) is -1.20. The molecule has 21 heteroatoms. The van der Waals surface area contributed by atoms with Crippen molar-refractivity contribution in [1.29, 1.82) is 0 Å². The van der Waals surface area contributed by atoms with Crippen LogP contribution in [0.3, 0.4) is 0 Å². The Kier molecular flexibility index (Phi) is 15.3. The number of carbonyl (C=O) groups is 8. The van der Waals surface area contributed by atoms with E-state index in [-0.39, 0.29) is 110 Å². The molecule has 4 unspecified atom stereocenters. The summed E-state index contributed by atoms with van der Waals surface area (Å²) < 4.78 is 0. The molecule has 8 N–H and O–H groups in total. The van der Waals surface area contributed by atoms with Crippen LogP contribution in [0.5, 0.6) is 0 Å². The topological polar surface area (TPSA) is 355 Å². The number of hydrogen-bond acceptors (Lipinski definition) is 8. The molecule has 3 aliphatic rings. The average molecular weight is 917 g/mol. The third-order valence-electron chi connectivity index (χ3n) is 11.6. The van der Waals surface area contributed by atoms with E-state index in [0.29, 0.717) is 0 Å². The van der Waals surface area contributed by atoms with Crippen LogP contribution in [0.25, 0.3) is 28.9 Å². The van der Waals surface area contributed by atoms with E-state index in [1.165, 1.54) is 38.2 Å². The predicted octanol–water partition coefficient (Wildman–Crippen LogP) is 2.44. The van der Waals surface area contributed by atoms with E-state index >= 15 is 0 Å². The van der Waals surface area contributed by atoms with E-state index in [4.69, 9.17) is 20.6 Å². The van der Waals surface area contributed by atoms with Gasteiger partial charge in [0.2, 0.25) is 0 Å². The molecule has 2 aromatic rings. The summed E-state index contributed by atoms with van der Waals surface area (Å²) in [4.78, 5) is 107. The third-order valence-corrected chi connectivity index (χ3v) is 11.6. The Bertz CT molecular complexity index is 2480. The molecule has 0 radical (unpaired) electrons. The number of aromatic nitrogens is 2. The van der Waals surface area contributed by atoms with Crippen molar-refractivity contribution in [2.24, 2.45) is 16.7 Å². The first-order chi connectivity index (χ1) is 29.0. The number of carboxylic acids is 8. The van der Waals surface area contributed by atoms with Crippen molar-refractivity contribution >= 4 is 66.0 Å². The van der Waals surface area contributed by atoms with E-state index in [1.54, 1.807) is 0 Å². The van der Waals surface area contributed by atoms with Crippen LogP contribution in [-0.4, -0.2) is 94.6 Å². The monoisotopic (exact) mass is 916 g/mol. The molecule has 5 rings (SSSR count). The molecular weight excluding hydrogens is 872 g/mol. The molecule has 0 aliphatic carbocycles. The van der Waals surface area contributed by atoms with Gasteiger partial charge in [-0.1, -0.05) is 60.4 Å². The van der Waals surface area contributed by atoms with Gasteiger partial charge in [0.1, 0.15) is 0 Å². The smallest absolute Gasteiger partial charge is 0.678 e. The summed E-state index contributed by atoms with van der Waals surface area (Å²) in [7, 11) is 0. The Balaban J connectivity index is 0.00000871.